The third-order valence-corrected chi connectivity index (χ3v) is 12.3. The van der Waals surface area contributed by atoms with E-state index in [0.717, 1.165) is 40.2 Å². The number of rotatable bonds is 7. The van der Waals surface area contributed by atoms with Gasteiger partial charge in [-0.05, 0) is 104 Å². The molecule has 0 aromatic heterocycles. The Morgan fingerprint density at radius 3 is 2.44 bits per heavy atom. The highest BCUT2D eigenvalue weighted by Crippen LogP contribution is 2.68. The van der Waals surface area contributed by atoms with Gasteiger partial charge in [-0.1, -0.05) is 97.1 Å². The van der Waals surface area contributed by atoms with Crippen LogP contribution in [0.3, 0.4) is 0 Å². The first-order valence-corrected chi connectivity index (χ1v) is 15.9. The second-order valence-corrected chi connectivity index (χ2v) is 14.7. The van der Waals surface area contributed by atoms with Crippen molar-refractivity contribution in [2.75, 3.05) is 0 Å². The average Bonchev–Trinajstić information content (AvgIpc) is 3.15. The molecule has 0 saturated heterocycles. The van der Waals surface area contributed by atoms with Gasteiger partial charge in [0.1, 0.15) is 6.10 Å². The molecule has 4 aliphatic rings. The van der Waals surface area contributed by atoms with E-state index in [1.807, 2.05) is 0 Å². The Balaban J connectivity index is 1.41. The predicted molar refractivity (Wildman–Crippen MR) is 156 cm³/mol. The summed E-state index contributed by atoms with van der Waals surface area (Å²) in [6.45, 7) is 12.7. The minimum atomic E-state index is 0.275. The summed E-state index contributed by atoms with van der Waals surface area (Å²) < 4.78 is 6.86. The largest absolute Gasteiger partial charge is 0.479 e. The molecule has 4 aliphatic carbocycles. The van der Waals surface area contributed by atoms with Crippen LogP contribution in [0, 0.1) is 52.3 Å². The Morgan fingerprint density at radius 2 is 1.69 bits per heavy atom. The van der Waals surface area contributed by atoms with Gasteiger partial charge in [-0.25, -0.2) is 0 Å². The van der Waals surface area contributed by atoms with Crippen LogP contribution in [0.25, 0.3) is 0 Å². The molecule has 5 rings (SSSR count). The van der Waals surface area contributed by atoms with Crippen molar-refractivity contribution in [3.05, 3.63) is 35.9 Å². The van der Waals surface area contributed by atoms with Crippen LogP contribution in [0.15, 0.2) is 30.3 Å². The fourth-order valence-electron chi connectivity index (χ4n) is 10.3. The first-order chi connectivity index (χ1) is 17.2. The molecule has 1 nitrogen and oxygen atoms in total. The Bertz CT molecular complexity index is 894. The molecular formula is C34H52OS. The zero-order chi connectivity index (χ0) is 25.5. The van der Waals surface area contributed by atoms with E-state index in [2.05, 4.69) is 65.0 Å². The Labute approximate surface area is 227 Å². The molecule has 4 saturated carbocycles. The molecule has 2 heteroatoms. The van der Waals surface area contributed by atoms with Gasteiger partial charge in [0.25, 0.3) is 0 Å². The monoisotopic (exact) mass is 508 g/mol. The SMILES string of the molecule is CC(C)CCC[C@@H](C)[C@H]1C(OC(=S)c2ccccc2)C[C@H]2[C@@H]3CCC4CCCC[C@]4(C)[C@H]3CC[C@]12C. The van der Waals surface area contributed by atoms with Gasteiger partial charge in [-0.2, -0.15) is 0 Å². The molecule has 0 N–H and O–H groups in total. The maximum atomic E-state index is 6.86. The van der Waals surface area contributed by atoms with E-state index in [9.17, 15) is 0 Å². The van der Waals surface area contributed by atoms with Crippen molar-refractivity contribution < 1.29 is 4.74 Å². The number of benzene rings is 1. The first kappa shape index (κ1) is 26.7. The standard InChI is InChI=1S/C34H52OS/c1-23(2)12-11-13-24(3)31-30(35-32(36)25-14-7-6-8-15-25)22-29-27-18-17-26-16-9-10-20-33(26,4)28(27)19-21-34(29,31)5/h6-8,14-15,23-24,26-31H,9-13,16-22H2,1-5H3/t24-,26?,27-,28+,29+,30?,31+,33+,34+/m1/s1. The number of fused-ring (bicyclic) bond motifs is 5. The fraction of sp³-hybridized carbons (Fsp3) is 0.794. The van der Waals surface area contributed by atoms with Gasteiger partial charge >= 0.3 is 0 Å². The molecule has 200 valence electrons. The fourth-order valence-corrected chi connectivity index (χ4v) is 10.5. The van der Waals surface area contributed by atoms with Crippen molar-refractivity contribution in [2.45, 2.75) is 118 Å². The summed E-state index contributed by atoms with van der Waals surface area (Å²) >= 11 is 5.91. The molecule has 1 aromatic carbocycles. The molecule has 36 heavy (non-hydrogen) atoms. The van der Waals surface area contributed by atoms with Crippen molar-refractivity contribution >= 4 is 17.3 Å². The van der Waals surface area contributed by atoms with Gasteiger partial charge in [-0.15, -0.1) is 0 Å². The normalized spacial score (nSPS) is 40.7. The highest BCUT2D eigenvalue weighted by Gasteiger charge is 2.63. The first-order valence-electron chi connectivity index (χ1n) is 15.5. The third-order valence-electron chi connectivity index (χ3n) is 12.0. The summed E-state index contributed by atoms with van der Waals surface area (Å²) in [6, 6.07) is 10.5. The molecule has 2 unspecified atom stereocenters. The number of thiocarbonyl (C=S) groups is 1. The zero-order valence-electron chi connectivity index (χ0n) is 23.8. The molecular weight excluding hydrogens is 456 g/mol. The third kappa shape index (κ3) is 4.83. The van der Waals surface area contributed by atoms with Crippen molar-refractivity contribution in [2.24, 2.45) is 52.3 Å². The number of hydrogen-bond acceptors (Lipinski definition) is 2. The minimum absolute atomic E-state index is 0.275. The Hall–Kier alpha value is -0.890. The molecule has 0 amide bonds. The van der Waals surface area contributed by atoms with Crippen LogP contribution in [0.5, 0.6) is 0 Å². The van der Waals surface area contributed by atoms with Crippen LogP contribution in [0.4, 0.5) is 0 Å². The van der Waals surface area contributed by atoms with Crippen LogP contribution in [0.2, 0.25) is 0 Å². The van der Waals surface area contributed by atoms with Crippen molar-refractivity contribution in [1.29, 1.82) is 0 Å². The van der Waals surface area contributed by atoms with Crippen LogP contribution in [-0.2, 0) is 4.74 Å². The maximum Gasteiger partial charge on any atom is 0.191 e. The molecule has 0 bridgehead atoms. The minimum Gasteiger partial charge on any atom is -0.479 e. The predicted octanol–water partition coefficient (Wildman–Crippen LogP) is 9.87. The van der Waals surface area contributed by atoms with Gasteiger partial charge in [0, 0.05) is 11.5 Å². The lowest BCUT2D eigenvalue weighted by Crippen LogP contribution is -2.53. The summed E-state index contributed by atoms with van der Waals surface area (Å²) in [4.78, 5) is 0. The maximum absolute atomic E-state index is 6.86. The lowest BCUT2D eigenvalue weighted by atomic mass is 9.44. The average molecular weight is 509 g/mol. The quantitative estimate of drug-likeness (QED) is 0.339. The van der Waals surface area contributed by atoms with E-state index < -0.39 is 0 Å². The molecule has 0 aliphatic heterocycles. The van der Waals surface area contributed by atoms with Crippen LogP contribution in [-0.4, -0.2) is 11.2 Å². The van der Waals surface area contributed by atoms with Crippen LogP contribution in [0.1, 0.15) is 117 Å². The summed E-state index contributed by atoms with van der Waals surface area (Å²) in [5, 5.41) is 0.724. The van der Waals surface area contributed by atoms with Crippen molar-refractivity contribution in [1.82, 2.24) is 0 Å². The number of hydrogen-bond donors (Lipinski definition) is 0. The van der Waals surface area contributed by atoms with Crippen LogP contribution < -0.4 is 0 Å². The van der Waals surface area contributed by atoms with Crippen molar-refractivity contribution in [3.8, 4) is 0 Å². The summed E-state index contributed by atoms with van der Waals surface area (Å²) in [5.41, 5.74) is 2.07. The molecule has 0 radical (unpaired) electrons. The molecule has 9 atom stereocenters. The zero-order valence-corrected chi connectivity index (χ0v) is 24.6. The van der Waals surface area contributed by atoms with E-state index in [1.54, 1.807) is 0 Å². The van der Waals surface area contributed by atoms with Crippen LogP contribution >= 0.6 is 12.2 Å². The molecule has 0 heterocycles. The topological polar surface area (TPSA) is 9.23 Å². The van der Waals surface area contributed by atoms with Gasteiger partial charge < -0.3 is 4.74 Å². The summed E-state index contributed by atoms with van der Waals surface area (Å²) in [7, 11) is 0. The smallest absolute Gasteiger partial charge is 0.191 e. The Morgan fingerprint density at radius 1 is 0.917 bits per heavy atom. The van der Waals surface area contributed by atoms with Gasteiger partial charge in [-0.3, -0.25) is 0 Å². The molecule has 4 fully saturated rings. The Kier molecular flexibility index (Phi) is 7.94. The van der Waals surface area contributed by atoms with E-state index in [-0.39, 0.29) is 6.10 Å². The molecule has 0 spiro atoms. The van der Waals surface area contributed by atoms with E-state index >= 15 is 0 Å². The lowest BCUT2D eigenvalue weighted by Gasteiger charge is -2.60. The van der Waals surface area contributed by atoms with Gasteiger partial charge in [0.2, 0.25) is 0 Å². The van der Waals surface area contributed by atoms with Gasteiger partial charge in [0.15, 0.2) is 5.05 Å². The van der Waals surface area contributed by atoms with Gasteiger partial charge in [0.05, 0.1) is 0 Å². The second-order valence-electron chi connectivity index (χ2n) is 14.3. The van der Waals surface area contributed by atoms with E-state index in [1.165, 1.54) is 77.0 Å². The molecule has 1 aromatic rings. The lowest BCUT2D eigenvalue weighted by molar-refractivity contribution is -0.115. The summed E-state index contributed by atoms with van der Waals surface area (Å²) in [6.07, 6.45) is 17.2. The summed E-state index contributed by atoms with van der Waals surface area (Å²) in [5.74, 6) is 5.73. The van der Waals surface area contributed by atoms with Crippen molar-refractivity contribution in [3.63, 3.8) is 0 Å². The second kappa shape index (κ2) is 10.7. The number of ether oxygens (including phenoxy) is 1. The van der Waals surface area contributed by atoms with E-state index in [0.29, 0.717) is 22.7 Å². The van der Waals surface area contributed by atoms with E-state index in [4.69, 9.17) is 17.0 Å². The highest BCUT2D eigenvalue weighted by molar-refractivity contribution is 7.80. The highest BCUT2D eigenvalue weighted by atomic mass is 32.1.